The summed E-state index contributed by atoms with van der Waals surface area (Å²) < 4.78 is 0. The Labute approximate surface area is 177 Å². The fourth-order valence-corrected chi connectivity index (χ4v) is 2.53. The van der Waals surface area contributed by atoms with E-state index in [-0.39, 0.29) is 36.2 Å². The quantitative estimate of drug-likeness (QED) is 0.504. The molecule has 7 nitrogen and oxygen atoms in total. The normalized spacial score (nSPS) is 11.5. The molecule has 4 N–H and O–H groups in total. The molecule has 0 heterocycles. The first-order valence-corrected chi connectivity index (χ1v) is 10.1. The number of nitrogens with one attached hydrogen (secondary N) is 4. The topological polar surface area (TPSA) is 99.3 Å². The number of carbonyl (C=O) groups excluding carboxylic acids is 3. The zero-order valence-electron chi connectivity index (χ0n) is 17.9. The van der Waals surface area contributed by atoms with Crippen molar-refractivity contribution in [2.75, 3.05) is 22.5 Å². The Balaban J connectivity index is 1.91. The molecule has 0 saturated heterocycles. The highest BCUT2D eigenvalue weighted by atomic mass is 16.2. The molecule has 1 unspecified atom stereocenters. The summed E-state index contributed by atoms with van der Waals surface area (Å²) in [5, 5.41) is 11.5. The van der Waals surface area contributed by atoms with Gasteiger partial charge in [0.25, 0.3) is 5.91 Å². The van der Waals surface area contributed by atoms with Gasteiger partial charge in [0.15, 0.2) is 0 Å². The van der Waals surface area contributed by atoms with Crippen LogP contribution in [-0.2, 0) is 9.59 Å². The van der Waals surface area contributed by atoms with Crippen molar-refractivity contribution in [2.24, 2.45) is 5.92 Å². The van der Waals surface area contributed by atoms with Crippen molar-refractivity contribution >= 4 is 34.8 Å². The molecule has 3 amide bonds. The van der Waals surface area contributed by atoms with Gasteiger partial charge in [-0.25, -0.2) is 0 Å². The van der Waals surface area contributed by atoms with Crippen molar-refractivity contribution in [3.8, 4) is 0 Å². The van der Waals surface area contributed by atoms with Crippen LogP contribution in [0.1, 0.15) is 44.5 Å². The van der Waals surface area contributed by atoms with E-state index in [4.69, 9.17) is 0 Å². The monoisotopic (exact) mass is 410 g/mol. The van der Waals surface area contributed by atoms with Crippen LogP contribution in [0.25, 0.3) is 0 Å². The molecule has 0 aromatic heterocycles. The molecule has 0 bridgehead atoms. The largest absolute Gasteiger partial charge is 0.376 e. The third kappa shape index (κ3) is 7.24. The predicted octanol–water partition coefficient (Wildman–Crippen LogP) is 3.86. The fourth-order valence-electron chi connectivity index (χ4n) is 2.53. The van der Waals surface area contributed by atoms with E-state index in [0.29, 0.717) is 22.6 Å². The highest BCUT2D eigenvalue weighted by Crippen LogP contribution is 2.16. The lowest BCUT2D eigenvalue weighted by molar-refractivity contribution is -0.119. The number of carbonyl (C=O) groups is 3. The van der Waals surface area contributed by atoms with E-state index in [2.05, 4.69) is 21.3 Å². The van der Waals surface area contributed by atoms with Gasteiger partial charge in [-0.3, -0.25) is 14.4 Å². The summed E-state index contributed by atoms with van der Waals surface area (Å²) in [6.07, 6.45) is 0.853. The van der Waals surface area contributed by atoms with E-state index < -0.39 is 0 Å². The van der Waals surface area contributed by atoms with E-state index >= 15 is 0 Å². The Bertz CT molecular complexity index is 896. The van der Waals surface area contributed by atoms with Gasteiger partial charge < -0.3 is 21.3 Å². The van der Waals surface area contributed by atoms with Crippen LogP contribution in [0, 0.1) is 5.92 Å². The lowest BCUT2D eigenvalue weighted by Gasteiger charge is -2.13. The molecule has 0 spiro atoms. The van der Waals surface area contributed by atoms with Crippen molar-refractivity contribution < 1.29 is 14.4 Å². The van der Waals surface area contributed by atoms with Crippen molar-refractivity contribution in [1.82, 2.24) is 5.32 Å². The Morgan fingerprint density at radius 3 is 2.17 bits per heavy atom. The molecule has 0 fully saturated rings. The second-order valence-electron chi connectivity index (χ2n) is 7.49. The van der Waals surface area contributed by atoms with Gasteiger partial charge in [0.2, 0.25) is 11.8 Å². The van der Waals surface area contributed by atoms with E-state index in [1.54, 1.807) is 48.5 Å². The minimum absolute atomic E-state index is 0.0407. The van der Waals surface area contributed by atoms with Crippen molar-refractivity contribution in [3.05, 3.63) is 54.1 Å². The van der Waals surface area contributed by atoms with Crippen LogP contribution in [0.3, 0.4) is 0 Å². The van der Waals surface area contributed by atoms with Gasteiger partial charge >= 0.3 is 0 Å². The zero-order valence-corrected chi connectivity index (χ0v) is 17.9. The minimum atomic E-state index is -0.239. The summed E-state index contributed by atoms with van der Waals surface area (Å²) in [6.45, 7) is 7.63. The molecule has 30 heavy (non-hydrogen) atoms. The van der Waals surface area contributed by atoms with Crippen LogP contribution in [0.15, 0.2) is 48.5 Å². The predicted molar refractivity (Wildman–Crippen MR) is 121 cm³/mol. The number of amides is 3. The van der Waals surface area contributed by atoms with Crippen LogP contribution in [-0.4, -0.2) is 30.3 Å². The number of hydrogen-bond donors (Lipinski definition) is 4. The molecular formula is C23H30N4O3. The third-order valence-corrected chi connectivity index (χ3v) is 4.51. The molecule has 1 atom stereocenters. The maximum atomic E-state index is 12.3. The van der Waals surface area contributed by atoms with Crippen molar-refractivity contribution in [1.29, 1.82) is 0 Å². The van der Waals surface area contributed by atoms with Crippen molar-refractivity contribution in [3.63, 3.8) is 0 Å². The SMILES string of the molecule is CCC(C)NC(=O)c1cccc(NCC(=O)Nc2cccc(NC(=O)C(C)C)c2)c1. The third-order valence-electron chi connectivity index (χ3n) is 4.51. The Morgan fingerprint density at radius 1 is 0.867 bits per heavy atom. The molecule has 0 aliphatic rings. The Hall–Kier alpha value is -3.35. The molecule has 2 rings (SSSR count). The van der Waals surface area contributed by atoms with Gasteiger partial charge in [-0.05, 0) is 49.7 Å². The Morgan fingerprint density at radius 2 is 1.50 bits per heavy atom. The number of hydrogen-bond acceptors (Lipinski definition) is 4. The molecule has 7 heteroatoms. The minimum Gasteiger partial charge on any atom is -0.376 e. The highest BCUT2D eigenvalue weighted by molar-refractivity contribution is 5.97. The standard InChI is InChI=1S/C23H30N4O3/c1-5-16(4)25-23(30)17-8-6-9-18(12-17)24-14-21(28)26-19-10-7-11-20(13-19)27-22(29)15(2)3/h6-13,15-16,24H,5,14H2,1-4H3,(H,25,30)(H,26,28)(H,27,29). The molecular weight excluding hydrogens is 380 g/mol. The first-order valence-electron chi connectivity index (χ1n) is 10.1. The van der Waals surface area contributed by atoms with Crippen LogP contribution in [0.5, 0.6) is 0 Å². The molecule has 2 aromatic rings. The first-order chi connectivity index (χ1) is 14.3. The second-order valence-corrected chi connectivity index (χ2v) is 7.49. The van der Waals surface area contributed by atoms with Crippen LogP contribution < -0.4 is 21.3 Å². The molecule has 0 aliphatic carbocycles. The lowest BCUT2D eigenvalue weighted by Crippen LogP contribution is -2.31. The first kappa shape index (κ1) is 22.9. The van der Waals surface area contributed by atoms with Gasteiger partial charge in [-0.1, -0.05) is 32.9 Å². The molecule has 2 aromatic carbocycles. The van der Waals surface area contributed by atoms with Gasteiger partial charge in [0.1, 0.15) is 0 Å². The summed E-state index contributed by atoms with van der Waals surface area (Å²) in [6, 6.07) is 14.1. The van der Waals surface area contributed by atoms with Gasteiger partial charge in [-0.2, -0.15) is 0 Å². The summed E-state index contributed by atoms with van der Waals surface area (Å²) in [7, 11) is 0. The van der Waals surface area contributed by atoms with Crippen LogP contribution in [0.2, 0.25) is 0 Å². The molecule has 0 aliphatic heterocycles. The summed E-state index contributed by atoms with van der Waals surface area (Å²) in [5.41, 5.74) is 2.43. The van der Waals surface area contributed by atoms with Crippen molar-refractivity contribution in [2.45, 2.75) is 40.2 Å². The van der Waals surface area contributed by atoms with Gasteiger partial charge in [0, 0.05) is 34.6 Å². The summed E-state index contributed by atoms with van der Waals surface area (Å²) in [5.74, 6) is -0.595. The average molecular weight is 411 g/mol. The highest BCUT2D eigenvalue weighted by Gasteiger charge is 2.10. The maximum absolute atomic E-state index is 12.3. The maximum Gasteiger partial charge on any atom is 0.251 e. The van der Waals surface area contributed by atoms with E-state index in [1.807, 2.05) is 27.7 Å². The molecule has 0 radical (unpaired) electrons. The summed E-state index contributed by atoms with van der Waals surface area (Å²) >= 11 is 0. The van der Waals surface area contributed by atoms with Gasteiger partial charge in [0.05, 0.1) is 6.54 Å². The number of anilines is 3. The van der Waals surface area contributed by atoms with Crippen LogP contribution in [0.4, 0.5) is 17.1 Å². The molecule has 160 valence electrons. The van der Waals surface area contributed by atoms with E-state index in [1.165, 1.54) is 0 Å². The van der Waals surface area contributed by atoms with E-state index in [0.717, 1.165) is 6.42 Å². The Kier molecular flexibility index (Phi) is 8.41. The smallest absolute Gasteiger partial charge is 0.251 e. The number of rotatable bonds is 9. The van der Waals surface area contributed by atoms with E-state index in [9.17, 15) is 14.4 Å². The van der Waals surface area contributed by atoms with Crippen LogP contribution >= 0.6 is 0 Å². The second kappa shape index (κ2) is 11.0. The fraction of sp³-hybridized carbons (Fsp3) is 0.348. The van der Waals surface area contributed by atoms with Gasteiger partial charge in [-0.15, -0.1) is 0 Å². The summed E-state index contributed by atoms with van der Waals surface area (Å²) in [4.78, 5) is 36.4. The average Bonchev–Trinajstić information content (AvgIpc) is 2.72. The zero-order chi connectivity index (χ0) is 22.1. The lowest BCUT2D eigenvalue weighted by atomic mass is 10.1. The number of benzene rings is 2. The molecule has 0 saturated carbocycles.